The molecular weight excluding hydrogens is 305 g/mol. The first-order valence-corrected chi connectivity index (χ1v) is 8.48. The molecule has 3 nitrogen and oxygen atoms in total. The molecule has 0 N–H and O–H groups in total. The Kier molecular flexibility index (Phi) is 4.72. The molecule has 1 aromatic carbocycles. The average molecular weight is 326 g/mol. The smallest absolute Gasteiger partial charge is 0.111 e. The van der Waals surface area contributed by atoms with Crippen LogP contribution in [0, 0.1) is 5.92 Å². The molecule has 3 rings (SSSR count). The molecule has 0 spiro atoms. The largest absolute Gasteiger partial charge is 0.328 e. The van der Waals surface area contributed by atoms with Gasteiger partial charge in [-0.1, -0.05) is 17.7 Å². The highest BCUT2D eigenvalue weighted by atomic mass is 35.5. The van der Waals surface area contributed by atoms with Crippen LogP contribution in [0.1, 0.15) is 18.7 Å². The molecule has 0 bridgehead atoms. The average Bonchev–Trinajstić information content (AvgIpc) is 2.82. The molecule has 0 saturated carbocycles. The van der Waals surface area contributed by atoms with Gasteiger partial charge in [-0.05, 0) is 51.0 Å². The van der Waals surface area contributed by atoms with Gasteiger partial charge >= 0.3 is 0 Å². The third kappa shape index (κ3) is 3.20. The van der Waals surface area contributed by atoms with E-state index in [1.165, 1.54) is 25.9 Å². The number of aromatic nitrogens is 2. The number of para-hydroxylation sites is 1. The second-order valence-corrected chi connectivity index (χ2v) is 6.72. The van der Waals surface area contributed by atoms with E-state index in [2.05, 4.69) is 22.6 Å². The summed E-state index contributed by atoms with van der Waals surface area (Å²) in [7, 11) is 2.20. The normalized spacial score (nSPS) is 17.7. The minimum absolute atomic E-state index is 0.592. The third-order valence-corrected chi connectivity index (χ3v) is 4.90. The van der Waals surface area contributed by atoms with Gasteiger partial charge in [-0.25, -0.2) is 4.98 Å². The summed E-state index contributed by atoms with van der Waals surface area (Å²) < 4.78 is 2.33. The summed E-state index contributed by atoms with van der Waals surface area (Å²) >= 11 is 12.2. The van der Waals surface area contributed by atoms with Gasteiger partial charge in [0.05, 0.1) is 10.5 Å². The number of rotatable bonds is 4. The highest BCUT2D eigenvalue weighted by Crippen LogP contribution is 2.27. The van der Waals surface area contributed by atoms with Crippen LogP contribution in [-0.2, 0) is 13.0 Å². The van der Waals surface area contributed by atoms with Crippen molar-refractivity contribution < 1.29 is 0 Å². The number of aryl methyl sites for hydroxylation is 1. The molecular formula is C16H21Cl2N3. The predicted octanol–water partition coefficient (Wildman–Crippen LogP) is 3.81. The zero-order valence-corrected chi connectivity index (χ0v) is 13.9. The minimum Gasteiger partial charge on any atom is -0.328 e. The third-order valence-electron chi connectivity index (χ3n) is 4.41. The number of benzene rings is 1. The Morgan fingerprint density at radius 2 is 2.05 bits per heavy atom. The second-order valence-electron chi connectivity index (χ2n) is 5.93. The van der Waals surface area contributed by atoms with Crippen LogP contribution in [0.15, 0.2) is 18.2 Å². The molecule has 1 fully saturated rings. The van der Waals surface area contributed by atoms with E-state index in [1.54, 1.807) is 0 Å². The maximum Gasteiger partial charge on any atom is 0.111 e. The quantitative estimate of drug-likeness (QED) is 0.797. The lowest BCUT2D eigenvalue weighted by Gasteiger charge is -2.29. The summed E-state index contributed by atoms with van der Waals surface area (Å²) in [6.45, 7) is 3.39. The van der Waals surface area contributed by atoms with Gasteiger partial charge in [-0.2, -0.15) is 0 Å². The molecule has 1 aliphatic heterocycles. The number of alkyl halides is 1. The summed E-state index contributed by atoms with van der Waals surface area (Å²) in [5.74, 6) is 2.37. The van der Waals surface area contributed by atoms with Gasteiger partial charge in [-0.3, -0.25) is 0 Å². The monoisotopic (exact) mass is 325 g/mol. The van der Waals surface area contributed by atoms with Crippen LogP contribution in [-0.4, -0.2) is 40.5 Å². The van der Waals surface area contributed by atoms with Gasteiger partial charge in [0.25, 0.3) is 0 Å². The molecule has 114 valence electrons. The molecule has 5 heteroatoms. The van der Waals surface area contributed by atoms with Crippen LogP contribution in [0.2, 0.25) is 5.02 Å². The van der Waals surface area contributed by atoms with E-state index in [1.807, 2.05) is 12.1 Å². The lowest BCUT2D eigenvalue weighted by Crippen LogP contribution is -2.32. The van der Waals surface area contributed by atoms with E-state index in [0.29, 0.717) is 11.8 Å². The second kappa shape index (κ2) is 6.55. The SMILES string of the molecule is CN1CCC(Cn2c(CCCl)nc3c(Cl)cccc32)CC1. The van der Waals surface area contributed by atoms with Gasteiger partial charge < -0.3 is 9.47 Å². The van der Waals surface area contributed by atoms with Crippen molar-refractivity contribution in [2.75, 3.05) is 26.0 Å². The van der Waals surface area contributed by atoms with Crippen molar-refractivity contribution in [1.29, 1.82) is 0 Å². The molecule has 1 aromatic heterocycles. The van der Waals surface area contributed by atoms with Crippen molar-refractivity contribution in [3.8, 4) is 0 Å². The molecule has 2 aromatic rings. The van der Waals surface area contributed by atoms with Crippen molar-refractivity contribution in [2.45, 2.75) is 25.8 Å². The number of halogens is 2. The first-order valence-electron chi connectivity index (χ1n) is 7.57. The summed E-state index contributed by atoms with van der Waals surface area (Å²) in [6.07, 6.45) is 3.29. The maximum atomic E-state index is 6.29. The molecule has 21 heavy (non-hydrogen) atoms. The number of imidazole rings is 1. The lowest BCUT2D eigenvalue weighted by molar-refractivity contribution is 0.205. The van der Waals surface area contributed by atoms with Crippen LogP contribution in [0.3, 0.4) is 0 Å². The van der Waals surface area contributed by atoms with Crippen molar-refractivity contribution in [3.63, 3.8) is 0 Å². The summed E-state index contributed by atoms with van der Waals surface area (Å²) in [5, 5.41) is 0.727. The minimum atomic E-state index is 0.592. The highest BCUT2D eigenvalue weighted by molar-refractivity contribution is 6.34. The number of piperidine rings is 1. The van der Waals surface area contributed by atoms with Crippen molar-refractivity contribution in [2.24, 2.45) is 5.92 Å². The first kappa shape index (κ1) is 15.1. The first-order chi connectivity index (χ1) is 10.2. The molecule has 1 aliphatic rings. The van der Waals surface area contributed by atoms with Crippen molar-refractivity contribution in [3.05, 3.63) is 29.0 Å². The van der Waals surface area contributed by atoms with Gasteiger partial charge in [0, 0.05) is 18.8 Å². The van der Waals surface area contributed by atoms with Crippen LogP contribution >= 0.6 is 23.2 Å². The number of hydrogen-bond acceptors (Lipinski definition) is 2. The molecule has 1 saturated heterocycles. The molecule has 0 unspecified atom stereocenters. The van der Waals surface area contributed by atoms with Gasteiger partial charge in [0.2, 0.25) is 0 Å². The Hall–Kier alpha value is -0.770. The van der Waals surface area contributed by atoms with E-state index in [0.717, 1.165) is 34.8 Å². The topological polar surface area (TPSA) is 21.1 Å². The molecule has 0 amide bonds. The van der Waals surface area contributed by atoms with E-state index < -0.39 is 0 Å². The Bertz CT molecular complexity index is 615. The summed E-state index contributed by atoms with van der Waals surface area (Å²) in [4.78, 5) is 7.12. The number of nitrogens with zero attached hydrogens (tertiary/aromatic N) is 3. The lowest BCUT2D eigenvalue weighted by atomic mass is 9.97. The van der Waals surface area contributed by atoms with Crippen LogP contribution in [0.4, 0.5) is 0 Å². The molecule has 0 atom stereocenters. The molecule has 0 aliphatic carbocycles. The molecule has 0 radical (unpaired) electrons. The zero-order chi connectivity index (χ0) is 14.8. The molecule has 2 heterocycles. The Labute approximate surface area is 135 Å². The summed E-state index contributed by atoms with van der Waals surface area (Å²) in [6, 6.07) is 6.02. The Morgan fingerprint density at radius 3 is 2.76 bits per heavy atom. The van der Waals surface area contributed by atoms with Gasteiger partial charge in [0.1, 0.15) is 11.3 Å². The van der Waals surface area contributed by atoms with E-state index >= 15 is 0 Å². The Balaban J connectivity index is 1.92. The zero-order valence-electron chi connectivity index (χ0n) is 12.4. The highest BCUT2D eigenvalue weighted by Gasteiger charge is 2.20. The fraction of sp³-hybridized carbons (Fsp3) is 0.562. The van der Waals surface area contributed by atoms with Gasteiger partial charge in [-0.15, -0.1) is 11.6 Å². The van der Waals surface area contributed by atoms with E-state index in [4.69, 9.17) is 28.2 Å². The van der Waals surface area contributed by atoms with Crippen LogP contribution in [0.25, 0.3) is 11.0 Å². The van der Waals surface area contributed by atoms with Crippen LogP contribution in [0.5, 0.6) is 0 Å². The summed E-state index contributed by atoms with van der Waals surface area (Å²) in [5.41, 5.74) is 2.05. The van der Waals surface area contributed by atoms with Crippen LogP contribution < -0.4 is 0 Å². The van der Waals surface area contributed by atoms with Crippen molar-refractivity contribution >= 4 is 34.2 Å². The Morgan fingerprint density at radius 1 is 1.29 bits per heavy atom. The maximum absolute atomic E-state index is 6.29. The van der Waals surface area contributed by atoms with Crippen molar-refractivity contribution in [1.82, 2.24) is 14.5 Å². The predicted molar refractivity (Wildman–Crippen MR) is 89.4 cm³/mol. The number of likely N-dealkylation sites (tertiary alicyclic amines) is 1. The van der Waals surface area contributed by atoms with E-state index in [9.17, 15) is 0 Å². The standard InChI is InChI=1S/C16H21Cl2N3/c1-20-9-6-12(7-10-20)11-21-14-4-2-3-13(18)16(14)19-15(21)5-8-17/h2-4,12H,5-11H2,1H3. The fourth-order valence-corrected chi connectivity index (χ4v) is 3.52. The number of hydrogen-bond donors (Lipinski definition) is 0. The van der Waals surface area contributed by atoms with E-state index in [-0.39, 0.29) is 0 Å². The van der Waals surface area contributed by atoms with Gasteiger partial charge in [0.15, 0.2) is 0 Å². The fourth-order valence-electron chi connectivity index (χ4n) is 3.14. The number of fused-ring (bicyclic) bond motifs is 1.